The van der Waals surface area contributed by atoms with Gasteiger partial charge in [-0.15, -0.1) is 11.6 Å². The highest BCUT2D eigenvalue weighted by Gasteiger charge is 2.11. The Bertz CT molecular complexity index is 465. The number of hydrogen-bond acceptors (Lipinski definition) is 4. The third-order valence-corrected chi connectivity index (χ3v) is 3.24. The number of alkyl halides is 1. The van der Waals surface area contributed by atoms with Crippen molar-refractivity contribution in [3.8, 4) is 5.75 Å². The van der Waals surface area contributed by atoms with Gasteiger partial charge < -0.3 is 20.3 Å². The molecule has 1 aromatic carbocycles. The maximum Gasteiger partial charge on any atom is 0.335 e. The third kappa shape index (κ3) is 6.23. The van der Waals surface area contributed by atoms with Crippen LogP contribution in [0.3, 0.4) is 0 Å². The van der Waals surface area contributed by atoms with Crippen LogP contribution >= 0.6 is 11.6 Å². The van der Waals surface area contributed by atoms with Gasteiger partial charge in [-0.05, 0) is 30.5 Å². The number of rotatable bonds is 9. The molecule has 1 unspecified atom stereocenters. The SMILES string of the molecule is CC(C)CCOc1ccc(C(=O)O)cc1NCC(O)CCl. The summed E-state index contributed by atoms with van der Waals surface area (Å²) in [7, 11) is 0. The van der Waals surface area contributed by atoms with Crippen LogP contribution in [0.4, 0.5) is 5.69 Å². The van der Waals surface area contributed by atoms with Crippen LogP contribution in [-0.2, 0) is 0 Å². The standard InChI is InChI=1S/C15H22ClNO4/c1-10(2)5-6-21-14-4-3-11(15(19)20)7-13(14)17-9-12(18)8-16/h3-4,7,10,12,17-18H,5-6,8-9H2,1-2H3,(H,19,20). The number of anilines is 1. The first-order valence-electron chi connectivity index (χ1n) is 6.92. The molecule has 21 heavy (non-hydrogen) atoms. The molecule has 0 aliphatic carbocycles. The maximum atomic E-state index is 11.0. The molecular weight excluding hydrogens is 294 g/mol. The van der Waals surface area contributed by atoms with Crippen molar-refractivity contribution in [3.63, 3.8) is 0 Å². The predicted molar refractivity (Wildman–Crippen MR) is 83.6 cm³/mol. The van der Waals surface area contributed by atoms with Crippen LogP contribution in [0.25, 0.3) is 0 Å². The van der Waals surface area contributed by atoms with Crippen LogP contribution in [0.15, 0.2) is 18.2 Å². The van der Waals surface area contributed by atoms with Crippen molar-refractivity contribution >= 4 is 23.3 Å². The lowest BCUT2D eigenvalue weighted by molar-refractivity contribution is 0.0697. The first-order chi connectivity index (χ1) is 9.93. The molecule has 0 radical (unpaired) electrons. The molecule has 1 atom stereocenters. The lowest BCUT2D eigenvalue weighted by Crippen LogP contribution is -2.21. The fraction of sp³-hybridized carbons (Fsp3) is 0.533. The fourth-order valence-corrected chi connectivity index (χ4v) is 1.72. The Labute approximate surface area is 129 Å². The minimum atomic E-state index is -1.01. The topological polar surface area (TPSA) is 78.8 Å². The molecule has 0 heterocycles. The third-order valence-electron chi connectivity index (χ3n) is 2.89. The number of carboxylic acids is 1. The summed E-state index contributed by atoms with van der Waals surface area (Å²) >= 11 is 5.54. The highest BCUT2D eigenvalue weighted by Crippen LogP contribution is 2.26. The highest BCUT2D eigenvalue weighted by atomic mass is 35.5. The second-order valence-corrected chi connectivity index (χ2v) is 5.54. The van der Waals surface area contributed by atoms with E-state index in [0.29, 0.717) is 24.0 Å². The first kappa shape index (κ1) is 17.6. The predicted octanol–water partition coefficient (Wildman–Crippen LogP) is 2.82. The molecule has 118 valence electrons. The lowest BCUT2D eigenvalue weighted by Gasteiger charge is -2.16. The molecule has 0 fully saturated rings. The maximum absolute atomic E-state index is 11.0. The second kappa shape index (κ2) is 8.74. The quantitative estimate of drug-likeness (QED) is 0.611. The van der Waals surface area contributed by atoms with E-state index in [0.717, 1.165) is 6.42 Å². The Morgan fingerprint density at radius 1 is 1.43 bits per heavy atom. The zero-order valence-corrected chi connectivity index (χ0v) is 13.1. The number of carboxylic acid groups (broad SMARTS) is 1. The Balaban J connectivity index is 2.81. The zero-order valence-electron chi connectivity index (χ0n) is 12.3. The van der Waals surface area contributed by atoms with Gasteiger partial charge in [0.25, 0.3) is 0 Å². The molecule has 0 aromatic heterocycles. The van der Waals surface area contributed by atoms with Gasteiger partial charge in [0.2, 0.25) is 0 Å². The van der Waals surface area contributed by atoms with Crippen molar-refractivity contribution in [1.82, 2.24) is 0 Å². The largest absolute Gasteiger partial charge is 0.491 e. The van der Waals surface area contributed by atoms with Crippen molar-refractivity contribution in [3.05, 3.63) is 23.8 Å². The molecule has 0 saturated heterocycles. The first-order valence-corrected chi connectivity index (χ1v) is 7.45. The average molecular weight is 316 g/mol. The Morgan fingerprint density at radius 3 is 2.71 bits per heavy atom. The van der Waals surface area contributed by atoms with E-state index in [1.165, 1.54) is 12.1 Å². The van der Waals surface area contributed by atoms with Crippen molar-refractivity contribution < 1.29 is 19.7 Å². The minimum absolute atomic E-state index is 0.106. The van der Waals surface area contributed by atoms with Gasteiger partial charge in [0.1, 0.15) is 5.75 Å². The van der Waals surface area contributed by atoms with Gasteiger partial charge in [0.05, 0.1) is 29.8 Å². The minimum Gasteiger partial charge on any atom is -0.491 e. The van der Waals surface area contributed by atoms with Gasteiger partial charge in [-0.3, -0.25) is 0 Å². The summed E-state index contributed by atoms with van der Waals surface area (Å²) in [5, 5.41) is 21.5. The van der Waals surface area contributed by atoms with Crippen LogP contribution < -0.4 is 10.1 Å². The number of aliphatic hydroxyl groups excluding tert-OH is 1. The monoisotopic (exact) mass is 315 g/mol. The van der Waals surface area contributed by atoms with Crippen LogP contribution in [0.1, 0.15) is 30.6 Å². The summed E-state index contributed by atoms with van der Waals surface area (Å²) in [5.41, 5.74) is 0.705. The molecule has 1 rings (SSSR count). The molecule has 0 bridgehead atoms. The number of benzene rings is 1. The summed E-state index contributed by atoms with van der Waals surface area (Å²) in [6, 6.07) is 4.61. The van der Waals surface area contributed by atoms with Gasteiger partial charge in [-0.2, -0.15) is 0 Å². The van der Waals surface area contributed by atoms with E-state index < -0.39 is 12.1 Å². The van der Waals surface area contributed by atoms with Crippen LogP contribution in [-0.4, -0.2) is 41.3 Å². The van der Waals surface area contributed by atoms with Gasteiger partial charge >= 0.3 is 5.97 Å². The molecule has 0 saturated carbocycles. The molecule has 0 spiro atoms. The van der Waals surface area contributed by atoms with Crippen molar-refractivity contribution in [1.29, 1.82) is 0 Å². The van der Waals surface area contributed by atoms with E-state index in [1.54, 1.807) is 6.07 Å². The van der Waals surface area contributed by atoms with Crippen molar-refractivity contribution in [2.24, 2.45) is 5.92 Å². The van der Waals surface area contributed by atoms with E-state index in [-0.39, 0.29) is 18.0 Å². The van der Waals surface area contributed by atoms with Gasteiger partial charge in [0.15, 0.2) is 0 Å². The van der Waals surface area contributed by atoms with Gasteiger partial charge in [0, 0.05) is 6.54 Å². The number of hydrogen-bond donors (Lipinski definition) is 3. The Hall–Kier alpha value is -1.46. The van der Waals surface area contributed by atoms with Crippen molar-refractivity contribution in [2.75, 3.05) is 24.3 Å². The summed E-state index contributed by atoms with van der Waals surface area (Å²) in [5.74, 6) is 0.194. The molecular formula is C15H22ClNO4. The number of aliphatic hydroxyl groups is 1. The number of ether oxygens (including phenoxy) is 1. The Kier molecular flexibility index (Phi) is 7.32. The lowest BCUT2D eigenvalue weighted by atomic mass is 10.1. The molecule has 0 amide bonds. The normalized spacial score (nSPS) is 12.2. The summed E-state index contributed by atoms with van der Waals surface area (Å²) < 4.78 is 5.68. The number of aromatic carboxylic acids is 1. The number of carbonyl (C=O) groups is 1. The second-order valence-electron chi connectivity index (χ2n) is 5.24. The fourth-order valence-electron chi connectivity index (χ4n) is 1.61. The highest BCUT2D eigenvalue weighted by molar-refractivity contribution is 6.18. The molecule has 0 aliphatic rings. The smallest absolute Gasteiger partial charge is 0.335 e. The number of halogens is 1. The molecule has 5 nitrogen and oxygen atoms in total. The molecule has 0 aliphatic heterocycles. The average Bonchev–Trinajstić information content (AvgIpc) is 2.44. The molecule has 1 aromatic rings. The summed E-state index contributed by atoms with van der Waals surface area (Å²) in [6.07, 6.45) is 0.202. The Morgan fingerprint density at radius 2 is 2.14 bits per heavy atom. The van der Waals surface area contributed by atoms with E-state index in [4.69, 9.17) is 21.4 Å². The van der Waals surface area contributed by atoms with Crippen molar-refractivity contribution in [2.45, 2.75) is 26.4 Å². The van der Waals surface area contributed by atoms with E-state index >= 15 is 0 Å². The molecule has 6 heteroatoms. The summed E-state index contributed by atoms with van der Waals surface area (Å²) in [4.78, 5) is 11.0. The van der Waals surface area contributed by atoms with E-state index in [2.05, 4.69) is 19.2 Å². The van der Waals surface area contributed by atoms with Gasteiger partial charge in [-0.25, -0.2) is 4.79 Å². The molecule has 3 N–H and O–H groups in total. The summed E-state index contributed by atoms with van der Waals surface area (Å²) in [6.45, 7) is 4.99. The van der Waals surface area contributed by atoms with E-state index in [1.807, 2.05) is 0 Å². The van der Waals surface area contributed by atoms with Crippen LogP contribution in [0, 0.1) is 5.92 Å². The van der Waals surface area contributed by atoms with Crippen LogP contribution in [0.2, 0.25) is 0 Å². The van der Waals surface area contributed by atoms with E-state index in [9.17, 15) is 9.90 Å². The van der Waals surface area contributed by atoms with Gasteiger partial charge in [-0.1, -0.05) is 13.8 Å². The van der Waals surface area contributed by atoms with Crippen LogP contribution in [0.5, 0.6) is 5.75 Å². The number of nitrogens with one attached hydrogen (secondary N) is 1. The zero-order chi connectivity index (χ0) is 15.8.